The average Bonchev–Trinajstić information content (AvgIpc) is 2.32. The summed E-state index contributed by atoms with van der Waals surface area (Å²) < 4.78 is 0. The Hall–Kier alpha value is -0.820. The Bertz CT molecular complexity index is 344. The van der Waals surface area contributed by atoms with Crippen LogP contribution in [0.4, 0.5) is 0 Å². The predicted octanol–water partition coefficient (Wildman–Crippen LogP) is 2.71. The Morgan fingerprint density at radius 3 is 2.92 bits per heavy atom. The second-order valence-electron chi connectivity index (χ2n) is 3.24. The lowest BCUT2D eigenvalue weighted by Crippen LogP contribution is -2.02. The minimum absolute atomic E-state index is 0.111. The normalized spacial score (nSPS) is 21.2. The minimum atomic E-state index is 0.111. The molecule has 62 valence electrons. The molecule has 0 unspecified atom stereocenters. The van der Waals surface area contributed by atoms with Crippen molar-refractivity contribution in [2.24, 2.45) is 5.92 Å². The lowest BCUT2D eigenvalue weighted by molar-refractivity contribution is 0.0946. The summed E-state index contributed by atoms with van der Waals surface area (Å²) in [7, 11) is 0. The summed E-state index contributed by atoms with van der Waals surface area (Å²) >= 11 is 5.95. The molecular weight excluding hydrogens is 172 g/mol. The van der Waals surface area contributed by atoms with Crippen LogP contribution in [0, 0.1) is 5.92 Å². The van der Waals surface area contributed by atoms with Crippen LogP contribution < -0.4 is 0 Å². The number of hydrogen-bond donors (Lipinski definition) is 0. The number of hydrogen-bond acceptors (Lipinski definition) is 1. The highest BCUT2D eigenvalue weighted by molar-refractivity contribution is 6.32. The number of carbonyl (C=O) groups is 1. The molecule has 1 nitrogen and oxygen atoms in total. The maximum Gasteiger partial charge on any atom is 0.166 e. The maximum absolute atomic E-state index is 11.5. The topological polar surface area (TPSA) is 17.1 Å². The molecule has 12 heavy (non-hydrogen) atoms. The molecular formula is C10H9ClO. The highest BCUT2D eigenvalue weighted by Crippen LogP contribution is 2.31. The van der Waals surface area contributed by atoms with Crippen molar-refractivity contribution in [3.8, 4) is 0 Å². The summed E-state index contributed by atoms with van der Waals surface area (Å²) in [6, 6.07) is 5.52. The third kappa shape index (κ3) is 0.969. The molecule has 0 saturated heterocycles. The summed E-state index contributed by atoms with van der Waals surface area (Å²) in [5.41, 5.74) is 1.84. The zero-order chi connectivity index (χ0) is 8.72. The summed E-state index contributed by atoms with van der Waals surface area (Å²) in [5.74, 6) is 0.340. The molecule has 0 spiro atoms. The zero-order valence-corrected chi connectivity index (χ0v) is 7.56. The van der Waals surface area contributed by atoms with Crippen molar-refractivity contribution in [2.75, 3.05) is 0 Å². The fourth-order valence-electron chi connectivity index (χ4n) is 1.66. The number of rotatable bonds is 0. The van der Waals surface area contributed by atoms with Gasteiger partial charge in [-0.25, -0.2) is 0 Å². The van der Waals surface area contributed by atoms with Gasteiger partial charge >= 0.3 is 0 Å². The highest BCUT2D eigenvalue weighted by atomic mass is 35.5. The molecule has 1 aliphatic rings. The number of fused-ring (bicyclic) bond motifs is 1. The second-order valence-corrected chi connectivity index (χ2v) is 3.64. The van der Waals surface area contributed by atoms with Crippen LogP contribution in [-0.4, -0.2) is 5.78 Å². The Labute approximate surface area is 76.4 Å². The Morgan fingerprint density at radius 1 is 1.50 bits per heavy atom. The fourth-order valence-corrected chi connectivity index (χ4v) is 1.91. The standard InChI is InChI=1S/C10H9ClO/c1-6-5-8-7(10(6)12)3-2-4-9(8)11/h2-4,6H,5H2,1H3/t6-/m1/s1. The van der Waals surface area contributed by atoms with E-state index in [9.17, 15) is 4.79 Å². The van der Waals surface area contributed by atoms with Crippen LogP contribution in [0.5, 0.6) is 0 Å². The average molecular weight is 181 g/mol. The van der Waals surface area contributed by atoms with E-state index < -0.39 is 0 Å². The molecule has 0 fully saturated rings. The van der Waals surface area contributed by atoms with Gasteiger partial charge in [0.2, 0.25) is 0 Å². The van der Waals surface area contributed by atoms with Crippen molar-refractivity contribution in [2.45, 2.75) is 13.3 Å². The van der Waals surface area contributed by atoms with Crippen molar-refractivity contribution in [3.63, 3.8) is 0 Å². The monoisotopic (exact) mass is 180 g/mol. The van der Waals surface area contributed by atoms with Gasteiger partial charge < -0.3 is 0 Å². The Kier molecular flexibility index (Phi) is 1.69. The zero-order valence-electron chi connectivity index (χ0n) is 6.80. The molecule has 0 heterocycles. The van der Waals surface area contributed by atoms with Crippen molar-refractivity contribution in [1.29, 1.82) is 0 Å². The molecule has 0 saturated carbocycles. The van der Waals surface area contributed by atoms with Crippen LogP contribution in [0.3, 0.4) is 0 Å². The lowest BCUT2D eigenvalue weighted by atomic mass is 10.1. The van der Waals surface area contributed by atoms with Gasteiger partial charge in [0, 0.05) is 16.5 Å². The first-order valence-electron chi connectivity index (χ1n) is 4.01. The number of benzene rings is 1. The molecule has 0 aromatic heterocycles. The van der Waals surface area contributed by atoms with E-state index in [2.05, 4.69) is 0 Å². The first kappa shape index (κ1) is 7.81. The van der Waals surface area contributed by atoms with Crippen LogP contribution >= 0.6 is 11.6 Å². The van der Waals surface area contributed by atoms with Crippen molar-refractivity contribution in [3.05, 3.63) is 34.3 Å². The Balaban J connectivity index is 2.61. The van der Waals surface area contributed by atoms with Crippen LogP contribution in [0.25, 0.3) is 0 Å². The fraction of sp³-hybridized carbons (Fsp3) is 0.300. The predicted molar refractivity (Wildman–Crippen MR) is 48.7 cm³/mol. The number of carbonyl (C=O) groups excluding carboxylic acids is 1. The summed E-state index contributed by atoms with van der Waals surface area (Å²) in [6.07, 6.45) is 0.799. The van der Waals surface area contributed by atoms with Crippen molar-refractivity contribution < 1.29 is 4.79 Å². The summed E-state index contributed by atoms with van der Waals surface area (Å²) in [6.45, 7) is 1.94. The molecule has 0 aliphatic heterocycles. The number of ketones is 1. The number of Topliss-reactive ketones (excluding diaryl/α,β-unsaturated/α-hetero) is 1. The van der Waals surface area contributed by atoms with Crippen LogP contribution in [-0.2, 0) is 6.42 Å². The van der Waals surface area contributed by atoms with Gasteiger partial charge in [0.1, 0.15) is 0 Å². The van der Waals surface area contributed by atoms with E-state index >= 15 is 0 Å². The van der Waals surface area contributed by atoms with Gasteiger partial charge in [0.25, 0.3) is 0 Å². The SMILES string of the molecule is C[C@@H]1Cc2c(Cl)cccc2C1=O. The lowest BCUT2D eigenvalue weighted by Gasteiger charge is -1.97. The minimum Gasteiger partial charge on any atom is -0.294 e. The van der Waals surface area contributed by atoms with Crippen molar-refractivity contribution >= 4 is 17.4 Å². The van der Waals surface area contributed by atoms with E-state index in [0.717, 1.165) is 22.6 Å². The van der Waals surface area contributed by atoms with Crippen LogP contribution in [0.1, 0.15) is 22.8 Å². The van der Waals surface area contributed by atoms with Gasteiger partial charge in [0.05, 0.1) is 0 Å². The first-order chi connectivity index (χ1) is 5.70. The molecule has 1 aromatic carbocycles. The van der Waals surface area contributed by atoms with E-state index in [1.165, 1.54) is 0 Å². The van der Waals surface area contributed by atoms with E-state index in [1.54, 1.807) is 0 Å². The smallest absolute Gasteiger partial charge is 0.166 e. The molecule has 0 radical (unpaired) electrons. The van der Waals surface area contributed by atoms with E-state index in [1.807, 2.05) is 25.1 Å². The van der Waals surface area contributed by atoms with E-state index in [4.69, 9.17) is 11.6 Å². The van der Waals surface area contributed by atoms with Gasteiger partial charge in [-0.1, -0.05) is 30.7 Å². The van der Waals surface area contributed by atoms with Gasteiger partial charge in [0.15, 0.2) is 5.78 Å². The molecule has 0 bridgehead atoms. The van der Waals surface area contributed by atoms with Crippen molar-refractivity contribution in [1.82, 2.24) is 0 Å². The van der Waals surface area contributed by atoms with E-state index in [-0.39, 0.29) is 11.7 Å². The molecule has 0 amide bonds. The second kappa shape index (κ2) is 2.60. The molecule has 2 heteroatoms. The van der Waals surface area contributed by atoms with Gasteiger partial charge in [-0.3, -0.25) is 4.79 Å². The molecule has 1 aliphatic carbocycles. The number of halogens is 1. The van der Waals surface area contributed by atoms with Crippen LogP contribution in [0.15, 0.2) is 18.2 Å². The molecule has 2 rings (SSSR count). The summed E-state index contributed by atoms with van der Waals surface area (Å²) in [4.78, 5) is 11.5. The Morgan fingerprint density at radius 2 is 2.25 bits per heavy atom. The quantitative estimate of drug-likeness (QED) is 0.600. The van der Waals surface area contributed by atoms with Gasteiger partial charge in [-0.2, -0.15) is 0 Å². The molecule has 0 N–H and O–H groups in total. The first-order valence-corrected chi connectivity index (χ1v) is 4.39. The molecule has 1 aromatic rings. The largest absolute Gasteiger partial charge is 0.294 e. The molecule has 1 atom stereocenters. The van der Waals surface area contributed by atoms with Gasteiger partial charge in [-0.15, -0.1) is 0 Å². The van der Waals surface area contributed by atoms with E-state index in [0.29, 0.717) is 0 Å². The highest BCUT2D eigenvalue weighted by Gasteiger charge is 2.27. The third-order valence-corrected chi connectivity index (χ3v) is 2.70. The van der Waals surface area contributed by atoms with Crippen LogP contribution in [0.2, 0.25) is 5.02 Å². The third-order valence-electron chi connectivity index (χ3n) is 2.34. The van der Waals surface area contributed by atoms with Gasteiger partial charge in [-0.05, 0) is 18.1 Å². The maximum atomic E-state index is 11.5. The summed E-state index contributed by atoms with van der Waals surface area (Å²) in [5, 5.41) is 0.727.